The first-order valence-corrected chi connectivity index (χ1v) is 16.8. The predicted molar refractivity (Wildman–Crippen MR) is 193 cm³/mol. The number of rotatable bonds is 7. The molecular formula is C37H71N5O6. The minimum atomic E-state index is -0.746. The lowest BCUT2D eigenvalue weighted by Crippen LogP contribution is -2.41. The number of hydrogen-bond donors (Lipinski definition) is 2. The first-order chi connectivity index (χ1) is 21.1. The van der Waals surface area contributed by atoms with E-state index < -0.39 is 17.2 Å². The monoisotopic (exact) mass is 682 g/mol. The predicted octanol–water partition coefficient (Wildman–Crippen LogP) is 8.63. The summed E-state index contributed by atoms with van der Waals surface area (Å²) in [5.41, 5.74) is -0.883. The standard InChI is InChI=1S/C13H22N2O2.C13H23NO4.C8H14N2.3CH4/c1-13(2,3)17-12(16)15-9-6-11(7-10-15)5-4-8-14;1-13(2,3)18-12(17)14-8-6-10(7-9-14)4-5-11(15)16;9-5-1-2-8-3-6-10-7-4-8;;;/h11H,4-7,9-10H2,1-3H3;10H,4-9H2,1-3H3,(H,15,16);8,10H,1-4,6-7H2;3*1H4. The molecule has 0 radical (unpaired) electrons. The van der Waals surface area contributed by atoms with Crippen LogP contribution in [-0.2, 0) is 14.3 Å². The number of hydrogen-bond acceptors (Lipinski definition) is 8. The minimum absolute atomic E-state index is 0. The van der Waals surface area contributed by atoms with Gasteiger partial charge >= 0.3 is 18.2 Å². The molecule has 0 spiro atoms. The lowest BCUT2D eigenvalue weighted by atomic mass is 9.92. The number of nitrogens with one attached hydrogen (secondary N) is 1. The summed E-state index contributed by atoms with van der Waals surface area (Å²) in [7, 11) is 0. The Balaban J connectivity index is -0.000000635. The van der Waals surface area contributed by atoms with Crippen LogP contribution < -0.4 is 5.32 Å². The smallest absolute Gasteiger partial charge is 0.410 e. The van der Waals surface area contributed by atoms with Crippen LogP contribution in [0.5, 0.6) is 0 Å². The fourth-order valence-corrected chi connectivity index (χ4v) is 5.50. The molecule has 0 aliphatic carbocycles. The molecule has 11 nitrogen and oxygen atoms in total. The molecule has 3 fully saturated rings. The quantitative estimate of drug-likeness (QED) is 0.268. The Hall–Kier alpha value is -3.05. The van der Waals surface area contributed by atoms with Gasteiger partial charge in [0.05, 0.1) is 12.1 Å². The van der Waals surface area contributed by atoms with E-state index in [-0.39, 0.29) is 40.9 Å². The summed E-state index contributed by atoms with van der Waals surface area (Å²) in [5, 5.41) is 28.8. The van der Waals surface area contributed by atoms with Gasteiger partial charge in [-0.15, -0.1) is 0 Å². The number of carboxylic acid groups (broad SMARTS) is 1. The number of piperidine rings is 3. The van der Waals surface area contributed by atoms with E-state index in [1.807, 2.05) is 41.5 Å². The SMILES string of the molecule is C.C.C.CC(C)(C)OC(=O)N1CCC(CCC#N)CC1.CC(C)(C)OC(=O)N1CCC(CCC(=O)O)CC1.N#CCCC1CCNCC1. The summed E-state index contributed by atoms with van der Waals surface area (Å²) in [5.74, 6) is 1.08. The molecule has 3 heterocycles. The number of ether oxygens (including phenoxy) is 2. The molecule has 48 heavy (non-hydrogen) atoms. The van der Waals surface area contributed by atoms with Crippen molar-refractivity contribution in [1.29, 1.82) is 10.5 Å². The van der Waals surface area contributed by atoms with Gasteiger partial charge in [0.2, 0.25) is 0 Å². The van der Waals surface area contributed by atoms with Crippen LogP contribution >= 0.6 is 0 Å². The van der Waals surface area contributed by atoms with Crippen LogP contribution in [0.25, 0.3) is 0 Å². The number of amides is 2. The van der Waals surface area contributed by atoms with E-state index in [1.54, 1.807) is 9.80 Å². The van der Waals surface area contributed by atoms with Crippen molar-refractivity contribution >= 4 is 18.2 Å². The Morgan fingerprint density at radius 2 is 1.00 bits per heavy atom. The molecule has 0 aromatic carbocycles. The maximum Gasteiger partial charge on any atom is 0.410 e. The fraction of sp³-hybridized carbons (Fsp3) is 0.865. The van der Waals surface area contributed by atoms with Crippen molar-refractivity contribution < 1.29 is 29.0 Å². The zero-order valence-corrected chi connectivity index (χ0v) is 28.7. The van der Waals surface area contributed by atoms with Gasteiger partial charge in [-0.1, -0.05) is 22.3 Å². The lowest BCUT2D eigenvalue weighted by molar-refractivity contribution is -0.137. The summed E-state index contributed by atoms with van der Waals surface area (Å²) in [6.07, 6.45) is 10.1. The van der Waals surface area contributed by atoms with Gasteiger partial charge in [0.25, 0.3) is 0 Å². The van der Waals surface area contributed by atoms with Gasteiger partial charge in [0, 0.05) is 45.4 Å². The topological polar surface area (TPSA) is 156 Å². The number of nitriles is 2. The highest BCUT2D eigenvalue weighted by atomic mass is 16.6. The summed E-state index contributed by atoms with van der Waals surface area (Å²) >= 11 is 0. The van der Waals surface area contributed by atoms with Crippen molar-refractivity contribution in [3.63, 3.8) is 0 Å². The average molecular weight is 682 g/mol. The number of aliphatic carboxylic acids is 1. The van der Waals surface area contributed by atoms with Crippen LogP contribution in [0.15, 0.2) is 0 Å². The number of likely N-dealkylation sites (tertiary alicyclic amines) is 2. The van der Waals surface area contributed by atoms with Gasteiger partial charge in [-0.05, 0) is 130 Å². The molecule has 3 aliphatic heterocycles. The van der Waals surface area contributed by atoms with Crippen molar-refractivity contribution in [1.82, 2.24) is 15.1 Å². The molecule has 0 saturated carbocycles. The number of carbonyl (C=O) groups excluding carboxylic acids is 2. The van der Waals surface area contributed by atoms with Gasteiger partial charge in [-0.25, -0.2) is 9.59 Å². The Morgan fingerprint density at radius 1 is 0.667 bits per heavy atom. The Bertz CT molecular complexity index is 957. The van der Waals surface area contributed by atoms with Gasteiger partial charge in [-0.3, -0.25) is 4.79 Å². The Kier molecular flexibility index (Phi) is 26.6. The first kappa shape index (κ1) is 49.3. The molecule has 11 heteroatoms. The maximum absolute atomic E-state index is 11.8. The molecule has 3 saturated heterocycles. The van der Waals surface area contributed by atoms with Crippen LogP contribution in [-0.4, -0.2) is 83.5 Å². The second-order valence-electron chi connectivity index (χ2n) is 14.3. The highest BCUT2D eigenvalue weighted by Crippen LogP contribution is 2.24. The zero-order valence-electron chi connectivity index (χ0n) is 28.7. The maximum atomic E-state index is 11.8. The number of carboxylic acids is 1. The molecular weight excluding hydrogens is 610 g/mol. The summed E-state index contributed by atoms with van der Waals surface area (Å²) in [4.78, 5) is 37.6. The fourth-order valence-electron chi connectivity index (χ4n) is 5.50. The molecule has 3 aliphatic rings. The molecule has 280 valence electrons. The number of nitrogens with zero attached hydrogens (tertiary/aromatic N) is 4. The molecule has 0 bridgehead atoms. The Labute approximate surface area is 293 Å². The van der Waals surface area contributed by atoms with Gasteiger partial charge in [0.15, 0.2) is 0 Å². The summed E-state index contributed by atoms with van der Waals surface area (Å²) < 4.78 is 10.6. The summed E-state index contributed by atoms with van der Waals surface area (Å²) in [6, 6.07) is 4.37. The molecule has 2 N–H and O–H groups in total. The van der Waals surface area contributed by atoms with Crippen molar-refractivity contribution in [2.75, 3.05) is 39.3 Å². The molecule has 2 amide bonds. The van der Waals surface area contributed by atoms with E-state index in [2.05, 4.69) is 17.5 Å². The summed E-state index contributed by atoms with van der Waals surface area (Å²) in [6.45, 7) is 16.3. The van der Waals surface area contributed by atoms with Crippen LogP contribution in [0.3, 0.4) is 0 Å². The van der Waals surface area contributed by atoms with Crippen LogP contribution in [0, 0.1) is 40.4 Å². The van der Waals surface area contributed by atoms with Gasteiger partial charge < -0.3 is 29.7 Å². The third kappa shape index (κ3) is 24.1. The zero-order chi connectivity index (χ0) is 33.9. The molecule has 0 aromatic heterocycles. The van der Waals surface area contributed by atoms with E-state index in [0.717, 1.165) is 77.0 Å². The van der Waals surface area contributed by atoms with Crippen LogP contribution in [0.1, 0.15) is 141 Å². The van der Waals surface area contributed by atoms with E-state index >= 15 is 0 Å². The van der Waals surface area contributed by atoms with Crippen LogP contribution in [0.4, 0.5) is 9.59 Å². The lowest BCUT2D eigenvalue weighted by Gasteiger charge is -2.33. The van der Waals surface area contributed by atoms with Gasteiger partial charge in [-0.2, -0.15) is 10.5 Å². The van der Waals surface area contributed by atoms with Crippen molar-refractivity contribution in [3.8, 4) is 12.1 Å². The van der Waals surface area contributed by atoms with Crippen molar-refractivity contribution in [2.24, 2.45) is 17.8 Å². The van der Waals surface area contributed by atoms with E-state index in [0.29, 0.717) is 37.8 Å². The highest BCUT2D eigenvalue weighted by Gasteiger charge is 2.28. The van der Waals surface area contributed by atoms with E-state index in [9.17, 15) is 14.4 Å². The minimum Gasteiger partial charge on any atom is -0.481 e. The molecule has 0 unspecified atom stereocenters. The van der Waals surface area contributed by atoms with Crippen LogP contribution in [0.2, 0.25) is 0 Å². The molecule has 0 aromatic rings. The second kappa shape index (κ2) is 25.9. The van der Waals surface area contributed by atoms with E-state index in [4.69, 9.17) is 25.1 Å². The second-order valence-corrected chi connectivity index (χ2v) is 14.3. The molecule has 0 atom stereocenters. The van der Waals surface area contributed by atoms with Crippen molar-refractivity contribution in [2.45, 2.75) is 152 Å². The number of carbonyl (C=O) groups is 3. The average Bonchev–Trinajstić information content (AvgIpc) is 2.98. The third-order valence-electron chi connectivity index (χ3n) is 8.09. The Morgan fingerprint density at radius 3 is 1.31 bits per heavy atom. The molecule has 3 rings (SSSR count). The highest BCUT2D eigenvalue weighted by molar-refractivity contribution is 5.68. The third-order valence-corrected chi connectivity index (χ3v) is 8.09. The first-order valence-electron chi connectivity index (χ1n) is 16.8. The normalized spacial score (nSPS) is 17.1. The van der Waals surface area contributed by atoms with E-state index in [1.165, 1.54) is 12.8 Å². The largest absolute Gasteiger partial charge is 0.481 e. The van der Waals surface area contributed by atoms with Crippen molar-refractivity contribution in [3.05, 3.63) is 0 Å². The van der Waals surface area contributed by atoms with Gasteiger partial charge in [0.1, 0.15) is 11.2 Å².